The number of urea groups is 1. The van der Waals surface area contributed by atoms with Crippen LogP contribution in [0.2, 0.25) is 10.0 Å². The monoisotopic (exact) mass is 246 g/mol. The molecule has 0 spiro atoms. The standard InChI is InChI=1S/C10H12Cl2N2O/c1-2-5-13-10(15)14-7-3-4-8(11)9(12)6-7/h3-4,6H,2,5H2,1H3,(H2,13,14,15). The van der Waals surface area contributed by atoms with Crippen LogP contribution in [-0.2, 0) is 0 Å². The molecule has 0 heterocycles. The van der Waals surface area contributed by atoms with Crippen molar-refractivity contribution < 1.29 is 4.79 Å². The lowest BCUT2D eigenvalue weighted by atomic mass is 10.3. The molecule has 3 nitrogen and oxygen atoms in total. The van der Waals surface area contributed by atoms with Crippen molar-refractivity contribution in [2.24, 2.45) is 0 Å². The first-order chi connectivity index (χ1) is 7.13. The first-order valence-electron chi connectivity index (χ1n) is 4.63. The van der Waals surface area contributed by atoms with Gasteiger partial charge in [-0.25, -0.2) is 4.79 Å². The first-order valence-corrected chi connectivity index (χ1v) is 5.39. The van der Waals surface area contributed by atoms with Crippen LogP contribution in [-0.4, -0.2) is 12.6 Å². The van der Waals surface area contributed by atoms with Gasteiger partial charge in [-0.1, -0.05) is 30.1 Å². The van der Waals surface area contributed by atoms with E-state index in [1.54, 1.807) is 18.2 Å². The van der Waals surface area contributed by atoms with Gasteiger partial charge in [-0.05, 0) is 24.6 Å². The Morgan fingerprint density at radius 1 is 1.33 bits per heavy atom. The number of hydrogen-bond donors (Lipinski definition) is 2. The van der Waals surface area contributed by atoms with E-state index in [2.05, 4.69) is 10.6 Å². The van der Waals surface area contributed by atoms with E-state index in [4.69, 9.17) is 23.2 Å². The summed E-state index contributed by atoms with van der Waals surface area (Å²) >= 11 is 11.5. The summed E-state index contributed by atoms with van der Waals surface area (Å²) in [4.78, 5) is 11.3. The van der Waals surface area contributed by atoms with E-state index in [0.717, 1.165) is 6.42 Å². The van der Waals surface area contributed by atoms with Gasteiger partial charge in [0.25, 0.3) is 0 Å². The van der Waals surface area contributed by atoms with E-state index in [-0.39, 0.29) is 6.03 Å². The van der Waals surface area contributed by atoms with E-state index in [1.165, 1.54) is 0 Å². The van der Waals surface area contributed by atoms with Crippen LogP contribution in [0, 0.1) is 0 Å². The number of benzene rings is 1. The number of amides is 2. The molecule has 1 rings (SSSR count). The topological polar surface area (TPSA) is 41.1 Å². The van der Waals surface area contributed by atoms with E-state index in [9.17, 15) is 4.79 Å². The van der Waals surface area contributed by atoms with Crippen molar-refractivity contribution >= 4 is 34.9 Å². The summed E-state index contributed by atoms with van der Waals surface area (Å²) in [7, 11) is 0. The van der Waals surface area contributed by atoms with Crippen LogP contribution < -0.4 is 10.6 Å². The Morgan fingerprint density at radius 3 is 2.67 bits per heavy atom. The number of carbonyl (C=O) groups excluding carboxylic acids is 1. The number of nitrogens with one attached hydrogen (secondary N) is 2. The average Bonchev–Trinajstić information content (AvgIpc) is 2.20. The molecular weight excluding hydrogens is 235 g/mol. The van der Waals surface area contributed by atoms with Crippen LogP contribution in [0.3, 0.4) is 0 Å². The molecule has 0 saturated heterocycles. The van der Waals surface area contributed by atoms with Crippen LogP contribution in [0.1, 0.15) is 13.3 Å². The second kappa shape index (κ2) is 5.83. The summed E-state index contributed by atoms with van der Waals surface area (Å²) in [5, 5.41) is 6.23. The van der Waals surface area contributed by atoms with E-state index in [0.29, 0.717) is 22.3 Å². The summed E-state index contributed by atoms with van der Waals surface area (Å²) in [6, 6.07) is 4.70. The van der Waals surface area contributed by atoms with Crippen molar-refractivity contribution in [3.8, 4) is 0 Å². The van der Waals surface area contributed by atoms with Crippen molar-refractivity contribution in [3.63, 3.8) is 0 Å². The maximum Gasteiger partial charge on any atom is 0.319 e. The second-order valence-electron chi connectivity index (χ2n) is 3.01. The lowest BCUT2D eigenvalue weighted by molar-refractivity contribution is 0.252. The third kappa shape index (κ3) is 3.98. The molecule has 0 aliphatic rings. The second-order valence-corrected chi connectivity index (χ2v) is 3.82. The molecule has 0 atom stereocenters. The van der Waals surface area contributed by atoms with Gasteiger partial charge < -0.3 is 10.6 Å². The van der Waals surface area contributed by atoms with Gasteiger partial charge in [-0.15, -0.1) is 0 Å². The van der Waals surface area contributed by atoms with Crippen molar-refractivity contribution in [1.29, 1.82) is 0 Å². The van der Waals surface area contributed by atoms with Crippen LogP contribution in [0.4, 0.5) is 10.5 Å². The van der Waals surface area contributed by atoms with Gasteiger partial charge in [0, 0.05) is 12.2 Å². The van der Waals surface area contributed by atoms with Crippen molar-refractivity contribution in [1.82, 2.24) is 5.32 Å². The molecule has 15 heavy (non-hydrogen) atoms. The maximum absolute atomic E-state index is 11.3. The van der Waals surface area contributed by atoms with Crippen LogP contribution >= 0.6 is 23.2 Å². The summed E-state index contributed by atoms with van der Waals surface area (Å²) in [5.41, 5.74) is 0.623. The minimum atomic E-state index is -0.241. The van der Waals surface area contributed by atoms with Gasteiger partial charge in [0.1, 0.15) is 0 Å². The molecule has 0 aromatic heterocycles. The quantitative estimate of drug-likeness (QED) is 0.842. The highest BCUT2D eigenvalue weighted by molar-refractivity contribution is 6.42. The molecule has 0 unspecified atom stereocenters. The van der Waals surface area contributed by atoms with E-state index < -0.39 is 0 Å². The summed E-state index contributed by atoms with van der Waals surface area (Å²) < 4.78 is 0. The maximum atomic E-state index is 11.3. The first kappa shape index (κ1) is 12.1. The Balaban J connectivity index is 2.57. The van der Waals surface area contributed by atoms with Crippen LogP contribution in [0.15, 0.2) is 18.2 Å². The molecule has 2 N–H and O–H groups in total. The third-order valence-electron chi connectivity index (χ3n) is 1.71. The lowest BCUT2D eigenvalue weighted by Gasteiger charge is -2.07. The van der Waals surface area contributed by atoms with Crippen molar-refractivity contribution in [3.05, 3.63) is 28.2 Å². The predicted molar refractivity (Wildman–Crippen MR) is 63.8 cm³/mol. The molecule has 0 bridgehead atoms. The molecule has 0 radical (unpaired) electrons. The molecule has 1 aromatic rings. The normalized spacial score (nSPS) is 9.80. The summed E-state index contributed by atoms with van der Waals surface area (Å²) in [6.45, 7) is 2.63. The summed E-state index contributed by atoms with van der Waals surface area (Å²) in [6.07, 6.45) is 0.898. The Labute approximate surface area is 98.8 Å². The van der Waals surface area contributed by atoms with Gasteiger partial charge >= 0.3 is 6.03 Å². The lowest BCUT2D eigenvalue weighted by Crippen LogP contribution is -2.29. The minimum absolute atomic E-state index is 0.241. The van der Waals surface area contributed by atoms with Crippen LogP contribution in [0.5, 0.6) is 0 Å². The number of carbonyl (C=O) groups is 1. The highest BCUT2D eigenvalue weighted by atomic mass is 35.5. The highest BCUT2D eigenvalue weighted by Crippen LogP contribution is 2.24. The van der Waals surface area contributed by atoms with Crippen LogP contribution in [0.25, 0.3) is 0 Å². The largest absolute Gasteiger partial charge is 0.338 e. The Hall–Kier alpha value is -0.930. The number of hydrogen-bond acceptors (Lipinski definition) is 1. The fraction of sp³-hybridized carbons (Fsp3) is 0.300. The van der Waals surface area contributed by atoms with Gasteiger partial charge in [-0.2, -0.15) is 0 Å². The fourth-order valence-corrected chi connectivity index (χ4v) is 1.29. The zero-order valence-electron chi connectivity index (χ0n) is 8.31. The van der Waals surface area contributed by atoms with Gasteiger partial charge in [0.05, 0.1) is 10.0 Å². The molecule has 82 valence electrons. The molecule has 1 aromatic carbocycles. The number of halogens is 2. The predicted octanol–water partition coefficient (Wildman–Crippen LogP) is 3.52. The van der Waals surface area contributed by atoms with Crippen molar-refractivity contribution in [2.45, 2.75) is 13.3 Å². The zero-order valence-corrected chi connectivity index (χ0v) is 9.82. The molecule has 0 fully saturated rings. The Kier molecular flexibility index (Phi) is 4.72. The van der Waals surface area contributed by atoms with Gasteiger partial charge in [0.15, 0.2) is 0 Å². The minimum Gasteiger partial charge on any atom is -0.338 e. The van der Waals surface area contributed by atoms with Gasteiger partial charge in [-0.3, -0.25) is 0 Å². The molecule has 0 aliphatic carbocycles. The molecule has 2 amide bonds. The molecule has 5 heteroatoms. The van der Waals surface area contributed by atoms with E-state index in [1.807, 2.05) is 6.92 Å². The van der Waals surface area contributed by atoms with Gasteiger partial charge in [0.2, 0.25) is 0 Å². The highest BCUT2D eigenvalue weighted by Gasteiger charge is 2.02. The zero-order chi connectivity index (χ0) is 11.3. The SMILES string of the molecule is CCCNC(=O)Nc1ccc(Cl)c(Cl)c1. The Morgan fingerprint density at radius 2 is 2.07 bits per heavy atom. The number of rotatable bonds is 3. The van der Waals surface area contributed by atoms with Crippen molar-refractivity contribution in [2.75, 3.05) is 11.9 Å². The fourth-order valence-electron chi connectivity index (χ4n) is 0.988. The summed E-state index contributed by atoms with van der Waals surface area (Å²) in [5.74, 6) is 0. The number of anilines is 1. The average molecular weight is 247 g/mol. The molecule has 0 saturated carbocycles. The third-order valence-corrected chi connectivity index (χ3v) is 2.45. The molecule has 0 aliphatic heterocycles. The molecular formula is C10H12Cl2N2O. The Bertz CT molecular complexity index is 355. The smallest absolute Gasteiger partial charge is 0.319 e. The van der Waals surface area contributed by atoms with E-state index >= 15 is 0 Å².